The highest BCUT2D eigenvalue weighted by molar-refractivity contribution is 5.77. The molecular weight excluding hydrogens is 219 g/mol. The maximum absolute atomic E-state index is 13.1. The van der Waals surface area contributed by atoms with Crippen LogP contribution in [0, 0.1) is 5.82 Å². The zero-order valence-electron chi connectivity index (χ0n) is 10.5. The Kier molecular flexibility index (Phi) is 5.10. The summed E-state index contributed by atoms with van der Waals surface area (Å²) in [5, 5.41) is 3.14. The van der Waals surface area contributed by atoms with Crippen molar-refractivity contribution in [3.63, 3.8) is 0 Å². The molecule has 3 nitrogen and oxygen atoms in total. The van der Waals surface area contributed by atoms with Gasteiger partial charge in [0.1, 0.15) is 5.82 Å². The second-order valence-corrected chi connectivity index (χ2v) is 4.18. The van der Waals surface area contributed by atoms with Crippen molar-refractivity contribution in [1.29, 1.82) is 0 Å². The summed E-state index contributed by atoms with van der Waals surface area (Å²) >= 11 is 0. The van der Waals surface area contributed by atoms with Crippen LogP contribution in [0.3, 0.4) is 0 Å². The molecule has 1 aromatic carbocycles. The number of hydrogen-bond acceptors (Lipinski definition) is 2. The lowest BCUT2D eigenvalue weighted by Crippen LogP contribution is -2.34. The fraction of sp³-hybridized carbons (Fsp3) is 0.462. The Morgan fingerprint density at radius 3 is 2.71 bits per heavy atom. The number of benzene rings is 1. The first-order valence-corrected chi connectivity index (χ1v) is 5.73. The van der Waals surface area contributed by atoms with Crippen molar-refractivity contribution in [2.75, 3.05) is 20.6 Å². The van der Waals surface area contributed by atoms with Crippen LogP contribution in [0.4, 0.5) is 4.39 Å². The first kappa shape index (κ1) is 13.6. The van der Waals surface area contributed by atoms with E-state index in [2.05, 4.69) is 5.32 Å². The number of carbonyl (C=O) groups excluding carboxylic acids is 1. The summed E-state index contributed by atoms with van der Waals surface area (Å²) in [6, 6.07) is 6.48. The molecule has 0 saturated heterocycles. The fourth-order valence-corrected chi connectivity index (χ4v) is 1.59. The number of halogens is 1. The summed E-state index contributed by atoms with van der Waals surface area (Å²) in [6.07, 6.45) is 0.810. The molecule has 94 valence electrons. The largest absolute Gasteiger partial charge is 0.348 e. The molecule has 0 spiro atoms. The van der Waals surface area contributed by atoms with Gasteiger partial charge in [0.05, 0.1) is 6.54 Å². The van der Waals surface area contributed by atoms with Crippen molar-refractivity contribution < 1.29 is 9.18 Å². The zero-order valence-corrected chi connectivity index (χ0v) is 10.5. The molecular formula is C13H19FN2O. The van der Waals surface area contributed by atoms with Gasteiger partial charge < -0.3 is 10.2 Å². The van der Waals surface area contributed by atoms with Gasteiger partial charge in [-0.25, -0.2) is 4.39 Å². The maximum atomic E-state index is 13.1. The van der Waals surface area contributed by atoms with Gasteiger partial charge in [0.25, 0.3) is 0 Å². The Morgan fingerprint density at radius 1 is 1.47 bits per heavy atom. The molecule has 17 heavy (non-hydrogen) atoms. The van der Waals surface area contributed by atoms with E-state index in [-0.39, 0.29) is 24.3 Å². The van der Waals surface area contributed by atoms with Crippen LogP contribution in [0.2, 0.25) is 0 Å². The monoisotopic (exact) mass is 238 g/mol. The minimum atomic E-state index is -0.248. The van der Waals surface area contributed by atoms with Crippen LogP contribution >= 0.6 is 0 Å². The smallest absolute Gasteiger partial charge is 0.236 e. The Labute approximate surface area is 102 Å². The van der Waals surface area contributed by atoms with E-state index in [1.54, 1.807) is 20.2 Å². The van der Waals surface area contributed by atoms with Crippen molar-refractivity contribution >= 4 is 5.91 Å². The van der Waals surface area contributed by atoms with Gasteiger partial charge in [-0.2, -0.15) is 0 Å². The summed E-state index contributed by atoms with van der Waals surface area (Å²) in [7, 11) is 3.43. The van der Waals surface area contributed by atoms with E-state index in [0.717, 1.165) is 12.0 Å². The van der Waals surface area contributed by atoms with Crippen molar-refractivity contribution in [3.8, 4) is 0 Å². The lowest BCUT2D eigenvalue weighted by atomic mass is 10.0. The average Bonchev–Trinajstić information content (AvgIpc) is 2.29. The molecule has 0 aliphatic heterocycles. The normalized spacial score (nSPS) is 12.2. The van der Waals surface area contributed by atoms with Crippen LogP contribution in [0.15, 0.2) is 24.3 Å². The average molecular weight is 238 g/mol. The van der Waals surface area contributed by atoms with Crippen molar-refractivity contribution in [1.82, 2.24) is 10.2 Å². The quantitative estimate of drug-likeness (QED) is 0.850. The van der Waals surface area contributed by atoms with Crippen LogP contribution in [-0.2, 0) is 4.79 Å². The number of amides is 1. The van der Waals surface area contributed by atoms with E-state index < -0.39 is 0 Å². The molecule has 1 atom stereocenters. The molecule has 1 amide bonds. The summed E-state index contributed by atoms with van der Waals surface area (Å²) in [5.41, 5.74) is 0.874. The van der Waals surface area contributed by atoms with E-state index >= 15 is 0 Å². The van der Waals surface area contributed by atoms with Gasteiger partial charge in [-0.3, -0.25) is 4.79 Å². The molecule has 0 bridgehead atoms. The third-order valence-electron chi connectivity index (χ3n) is 2.66. The molecule has 0 saturated carbocycles. The molecule has 1 unspecified atom stereocenters. The molecule has 1 N–H and O–H groups in total. The first-order chi connectivity index (χ1) is 8.04. The number of rotatable bonds is 5. The third-order valence-corrected chi connectivity index (χ3v) is 2.66. The van der Waals surface area contributed by atoms with Crippen LogP contribution in [0.25, 0.3) is 0 Å². The lowest BCUT2D eigenvalue weighted by Gasteiger charge is -2.18. The van der Waals surface area contributed by atoms with Gasteiger partial charge in [-0.05, 0) is 24.1 Å². The molecule has 0 fully saturated rings. The fourth-order valence-electron chi connectivity index (χ4n) is 1.59. The van der Waals surface area contributed by atoms with Crippen LogP contribution in [0.1, 0.15) is 24.9 Å². The lowest BCUT2D eigenvalue weighted by molar-refractivity contribution is -0.127. The number of nitrogens with zero attached hydrogens (tertiary/aromatic N) is 1. The van der Waals surface area contributed by atoms with Crippen molar-refractivity contribution in [2.24, 2.45) is 0 Å². The molecule has 0 radical (unpaired) electrons. The van der Waals surface area contributed by atoms with Crippen LogP contribution in [-0.4, -0.2) is 31.4 Å². The van der Waals surface area contributed by atoms with Crippen molar-refractivity contribution in [3.05, 3.63) is 35.6 Å². The molecule has 4 heteroatoms. The van der Waals surface area contributed by atoms with Gasteiger partial charge in [-0.1, -0.05) is 19.1 Å². The van der Waals surface area contributed by atoms with E-state index in [1.807, 2.05) is 13.0 Å². The summed E-state index contributed by atoms with van der Waals surface area (Å²) in [5.74, 6) is -0.235. The van der Waals surface area contributed by atoms with Gasteiger partial charge in [0, 0.05) is 20.1 Å². The topological polar surface area (TPSA) is 32.3 Å². The van der Waals surface area contributed by atoms with E-state index in [9.17, 15) is 9.18 Å². The predicted octanol–water partition coefficient (Wildman–Crippen LogP) is 1.95. The van der Waals surface area contributed by atoms with E-state index in [1.165, 1.54) is 17.0 Å². The predicted molar refractivity (Wildman–Crippen MR) is 66.1 cm³/mol. The van der Waals surface area contributed by atoms with Crippen molar-refractivity contribution in [2.45, 2.75) is 19.4 Å². The molecule has 1 rings (SSSR count). The number of likely N-dealkylation sites (N-methyl/N-ethyl adjacent to an activating group) is 1. The third kappa shape index (κ3) is 4.15. The number of nitrogens with one attached hydrogen (secondary N) is 1. The second-order valence-electron chi connectivity index (χ2n) is 4.18. The SMILES string of the molecule is CCC(NCC(=O)N(C)C)c1cccc(F)c1. The maximum Gasteiger partial charge on any atom is 0.236 e. The number of carbonyl (C=O) groups is 1. The number of hydrogen-bond donors (Lipinski definition) is 1. The van der Waals surface area contributed by atoms with Gasteiger partial charge in [-0.15, -0.1) is 0 Å². The Balaban J connectivity index is 2.63. The van der Waals surface area contributed by atoms with E-state index in [4.69, 9.17) is 0 Å². The summed E-state index contributed by atoms with van der Waals surface area (Å²) < 4.78 is 13.1. The highest BCUT2D eigenvalue weighted by Crippen LogP contribution is 2.17. The van der Waals surface area contributed by atoms with Gasteiger partial charge >= 0.3 is 0 Å². The second kappa shape index (κ2) is 6.35. The van der Waals surface area contributed by atoms with Gasteiger partial charge in [0.15, 0.2) is 0 Å². The van der Waals surface area contributed by atoms with E-state index in [0.29, 0.717) is 0 Å². The minimum Gasteiger partial charge on any atom is -0.348 e. The Bertz CT molecular complexity index is 379. The Hall–Kier alpha value is -1.42. The Morgan fingerprint density at radius 2 is 2.18 bits per heavy atom. The van der Waals surface area contributed by atoms with Crippen LogP contribution in [0.5, 0.6) is 0 Å². The first-order valence-electron chi connectivity index (χ1n) is 5.73. The highest BCUT2D eigenvalue weighted by Gasteiger charge is 2.12. The molecule has 0 aliphatic carbocycles. The van der Waals surface area contributed by atoms with Gasteiger partial charge in [0.2, 0.25) is 5.91 Å². The highest BCUT2D eigenvalue weighted by atomic mass is 19.1. The standard InChI is InChI=1S/C13H19FN2O/c1-4-12(15-9-13(17)16(2)3)10-6-5-7-11(14)8-10/h5-8,12,15H,4,9H2,1-3H3. The zero-order chi connectivity index (χ0) is 12.8. The molecule has 0 aromatic heterocycles. The van der Waals surface area contributed by atoms with Crippen LogP contribution < -0.4 is 5.32 Å². The molecule has 0 heterocycles. The summed E-state index contributed by atoms with van der Waals surface area (Å²) in [4.78, 5) is 13.0. The molecule has 0 aliphatic rings. The summed E-state index contributed by atoms with van der Waals surface area (Å²) in [6.45, 7) is 2.27. The minimum absolute atomic E-state index is 0.00889. The molecule has 1 aromatic rings.